The smallest absolute Gasteiger partial charge is 0.252 e. The number of hydrogen-bond donors (Lipinski definition) is 2. The Morgan fingerprint density at radius 1 is 1.17 bits per heavy atom. The molecule has 18 heavy (non-hydrogen) atoms. The molecule has 3 heteroatoms. The maximum Gasteiger partial charge on any atom is 0.252 e. The van der Waals surface area contributed by atoms with Crippen molar-refractivity contribution < 1.29 is 4.79 Å². The summed E-state index contributed by atoms with van der Waals surface area (Å²) in [6.45, 7) is 0. The third-order valence-electron chi connectivity index (χ3n) is 4.18. The van der Waals surface area contributed by atoms with Crippen LogP contribution in [0.15, 0.2) is 30.3 Å². The number of nitrogens with one attached hydrogen (secondary N) is 2. The third-order valence-corrected chi connectivity index (χ3v) is 4.18. The van der Waals surface area contributed by atoms with Gasteiger partial charge in [-0.1, -0.05) is 18.2 Å². The molecule has 2 heterocycles. The van der Waals surface area contributed by atoms with Crippen LogP contribution in [0.2, 0.25) is 0 Å². The van der Waals surface area contributed by atoms with Crippen LogP contribution in [0.3, 0.4) is 0 Å². The largest absolute Gasteiger partial charge is 0.334 e. The molecule has 2 saturated heterocycles. The zero-order valence-corrected chi connectivity index (χ0v) is 10.6. The van der Waals surface area contributed by atoms with Gasteiger partial charge in [0.25, 0.3) is 5.91 Å². The van der Waals surface area contributed by atoms with Crippen molar-refractivity contribution in [1.29, 1.82) is 0 Å². The summed E-state index contributed by atoms with van der Waals surface area (Å²) in [5.41, 5.74) is 0.607. The molecule has 1 amide bonds. The van der Waals surface area contributed by atoms with Crippen molar-refractivity contribution >= 4 is 5.91 Å². The van der Waals surface area contributed by atoms with E-state index < -0.39 is 0 Å². The number of piperidine rings is 2. The van der Waals surface area contributed by atoms with Gasteiger partial charge in [-0.25, -0.2) is 0 Å². The monoisotopic (exact) mass is 244 g/mol. The van der Waals surface area contributed by atoms with E-state index in [1.165, 1.54) is 25.7 Å². The molecule has 0 spiro atoms. The van der Waals surface area contributed by atoms with Crippen molar-refractivity contribution in [3.63, 3.8) is 0 Å². The van der Waals surface area contributed by atoms with Gasteiger partial charge in [-0.05, 0) is 50.7 Å². The lowest BCUT2D eigenvalue weighted by Gasteiger charge is -2.47. The summed E-state index contributed by atoms with van der Waals surface area (Å²) >= 11 is 0. The maximum atomic E-state index is 12.3. The van der Waals surface area contributed by atoms with Crippen LogP contribution in [0.25, 0.3) is 0 Å². The standard InChI is InChI=1S/C15H20N2O/c18-14(12-6-2-1-3-7-12)17-15-10-4-8-13(16-15)9-5-11-15/h1-3,6-7,13,16H,4-5,8-11H2,(H,17,18). The zero-order chi connectivity index (χ0) is 12.4. The Labute approximate surface area is 108 Å². The van der Waals surface area contributed by atoms with E-state index >= 15 is 0 Å². The topological polar surface area (TPSA) is 41.1 Å². The van der Waals surface area contributed by atoms with E-state index in [1.54, 1.807) is 0 Å². The van der Waals surface area contributed by atoms with Crippen LogP contribution in [0.1, 0.15) is 48.9 Å². The summed E-state index contributed by atoms with van der Waals surface area (Å²) < 4.78 is 0. The van der Waals surface area contributed by atoms with E-state index in [4.69, 9.17) is 0 Å². The summed E-state index contributed by atoms with van der Waals surface area (Å²) in [5.74, 6) is 0.0469. The van der Waals surface area contributed by atoms with E-state index in [9.17, 15) is 4.79 Å². The van der Waals surface area contributed by atoms with Gasteiger partial charge < -0.3 is 5.32 Å². The van der Waals surface area contributed by atoms with E-state index in [1.807, 2.05) is 30.3 Å². The first-order chi connectivity index (χ1) is 8.77. The number of rotatable bonds is 2. The molecule has 0 aromatic heterocycles. The van der Waals surface area contributed by atoms with Crippen molar-refractivity contribution in [2.75, 3.05) is 0 Å². The van der Waals surface area contributed by atoms with Gasteiger partial charge in [-0.2, -0.15) is 0 Å². The summed E-state index contributed by atoms with van der Waals surface area (Å²) in [4.78, 5) is 12.3. The molecule has 1 aromatic carbocycles. The molecule has 3 nitrogen and oxygen atoms in total. The summed E-state index contributed by atoms with van der Waals surface area (Å²) in [5, 5.41) is 6.86. The molecular formula is C15H20N2O. The number of carbonyl (C=O) groups excluding carboxylic acids is 1. The second-order valence-electron chi connectivity index (χ2n) is 5.53. The molecular weight excluding hydrogens is 224 g/mol. The molecule has 2 N–H and O–H groups in total. The van der Waals surface area contributed by atoms with Gasteiger partial charge in [-0.3, -0.25) is 10.1 Å². The Morgan fingerprint density at radius 2 is 1.83 bits per heavy atom. The van der Waals surface area contributed by atoms with E-state index in [2.05, 4.69) is 10.6 Å². The number of amides is 1. The highest BCUT2D eigenvalue weighted by Gasteiger charge is 2.39. The van der Waals surface area contributed by atoms with E-state index in [0.29, 0.717) is 6.04 Å². The summed E-state index contributed by atoms with van der Waals surface area (Å²) in [6.07, 6.45) is 7.05. The Morgan fingerprint density at radius 3 is 2.50 bits per heavy atom. The zero-order valence-electron chi connectivity index (χ0n) is 10.6. The number of benzene rings is 1. The minimum Gasteiger partial charge on any atom is -0.334 e. The maximum absolute atomic E-state index is 12.3. The van der Waals surface area contributed by atoms with Crippen LogP contribution in [0, 0.1) is 0 Å². The van der Waals surface area contributed by atoms with Crippen molar-refractivity contribution in [2.24, 2.45) is 0 Å². The van der Waals surface area contributed by atoms with Gasteiger partial charge in [0.1, 0.15) is 0 Å². The van der Waals surface area contributed by atoms with Gasteiger partial charge in [0.2, 0.25) is 0 Å². The molecule has 0 radical (unpaired) electrons. The van der Waals surface area contributed by atoms with Gasteiger partial charge in [0.15, 0.2) is 0 Å². The van der Waals surface area contributed by atoms with Crippen molar-refractivity contribution in [3.8, 4) is 0 Å². The molecule has 2 fully saturated rings. The fourth-order valence-corrected chi connectivity index (χ4v) is 3.29. The molecule has 3 rings (SSSR count). The van der Waals surface area contributed by atoms with Crippen LogP contribution >= 0.6 is 0 Å². The Bertz CT molecular complexity index is 419. The van der Waals surface area contributed by atoms with E-state index in [-0.39, 0.29) is 11.6 Å². The quantitative estimate of drug-likeness (QED) is 0.839. The fourth-order valence-electron chi connectivity index (χ4n) is 3.29. The molecule has 2 aliphatic rings. The number of carbonyl (C=O) groups is 1. The van der Waals surface area contributed by atoms with Crippen LogP contribution in [-0.2, 0) is 0 Å². The lowest BCUT2D eigenvalue weighted by molar-refractivity contribution is 0.0709. The van der Waals surface area contributed by atoms with Gasteiger partial charge in [0, 0.05) is 11.6 Å². The Kier molecular flexibility index (Phi) is 3.08. The predicted octanol–water partition coefficient (Wildman–Crippen LogP) is 2.44. The Hall–Kier alpha value is -1.35. The summed E-state index contributed by atoms with van der Waals surface area (Å²) in [7, 11) is 0. The minimum atomic E-state index is -0.145. The third kappa shape index (κ3) is 2.27. The van der Waals surface area contributed by atoms with Gasteiger partial charge in [0.05, 0.1) is 5.66 Å². The van der Waals surface area contributed by atoms with Crippen molar-refractivity contribution in [1.82, 2.24) is 10.6 Å². The number of hydrogen-bond acceptors (Lipinski definition) is 2. The molecule has 0 atom stereocenters. The Balaban J connectivity index is 1.73. The minimum absolute atomic E-state index is 0.0469. The lowest BCUT2D eigenvalue weighted by Crippen LogP contribution is -2.65. The molecule has 2 aliphatic heterocycles. The van der Waals surface area contributed by atoms with E-state index in [0.717, 1.165) is 18.4 Å². The van der Waals surface area contributed by atoms with Crippen molar-refractivity contribution in [2.45, 2.75) is 50.2 Å². The van der Waals surface area contributed by atoms with Crippen LogP contribution < -0.4 is 10.6 Å². The molecule has 0 aliphatic carbocycles. The molecule has 2 bridgehead atoms. The normalized spacial score (nSPS) is 30.8. The average Bonchev–Trinajstić information content (AvgIpc) is 2.39. The molecule has 96 valence electrons. The van der Waals surface area contributed by atoms with Gasteiger partial charge in [-0.15, -0.1) is 0 Å². The van der Waals surface area contributed by atoms with Crippen molar-refractivity contribution in [3.05, 3.63) is 35.9 Å². The highest BCUT2D eigenvalue weighted by Crippen LogP contribution is 2.32. The molecule has 0 saturated carbocycles. The second kappa shape index (κ2) is 4.73. The molecule has 1 aromatic rings. The van der Waals surface area contributed by atoms with Crippen LogP contribution in [0.4, 0.5) is 0 Å². The molecule has 0 unspecified atom stereocenters. The SMILES string of the molecule is O=C(NC12CCCC(CCC1)N2)c1ccccc1. The first kappa shape index (κ1) is 11.7. The second-order valence-corrected chi connectivity index (χ2v) is 5.53. The highest BCUT2D eigenvalue weighted by atomic mass is 16.2. The average molecular weight is 244 g/mol. The first-order valence-electron chi connectivity index (χ1n) is 6.93. The van der Waals surface area contributed by atoms with Crippen LogP contribution in [0.5, 0.6) is 0 Å². The summed E-state index contributed by atoms with van der Waals surface area (Å²) in [6, 6.07) is 10.1. The van der Waals surface area contributed by atoms with Gasteiger partial charge >= 0.3 is 0 Å². The number of fused-ring (bicyclic) bond motifs is 2. The first-order valence-corrected chi connectivity index (χ1v) is 6.93. The fraction of sp³-hybridized carbons (Fsp3) is 0.533. The lowest BCUT2D eigenvalue weighted by atomic mass is 9.82. The predicted molar refractivity (Wildman–Crippen MR) is 71.3 cm³/mol. The van der Waals surface area contributed by atoms with Crippen LogP contribution in [-0.4, -0.2) is 17.6 Å². The highest BCUT2D eigenvalue weighted by molar-refractivity contribution is 5.94.